The summed E-state index contributed by atoms with van der Waals surface area (Å²) in [5.74, 6) is 0.457. The average Bonchev–Trinajstić information content (AvgIpc) is 2.35. The van der Waals surface area contributed by atoms with E-state index < -0.39 is 11.7 Å². The molecular formula is C15H17ClFN3O. The second-order valence-corrected chi connectivity index (χ2v) is 6.45. The smallest absolute Gasteiger partial charge is 0.223 e. The first kappa shape index (κ1) is 14.5. The topological polar surface area (TPSA) is 61.0 Å². The van der Waals surface area contributed by atoms with Crippen LogP contribution in [0.1, 0.15) is 32.3 Å². The highest BCUT2D eigenvalue weighted by atomic mass is 35.5. The van der Waals surface area contributed by atoms with Crippen LogP contribution >= 0.6 is 11.6 Å². The van der Waals surface area contributed by atoms with Gasteiger partial charge in [-0.15, -0.1) is 0 Å². The minimum atomic E-state index is -0.768. The lowest BCUT2D eigenvalue weighted by Crippen LogP contribution is -2.35. The van der Waals surface area contributed by atoms with Crippen molar-refractivity contribution in [3.05, 3.63) is 29.2 Å². The average molecular weight is 310 g/mol. The second kappa shape index (κ2) is 5.07. The Morgan fingerprint density at radius 3 is 2.62 bits per heavy atom. The van der Waals surface area contributed by atoms with Crippen molar-refractivity contribution in [1.29, 1.82) is 0 Å². The van der Waals surface area contributed by atoms with Gasteiger partial charge in [-0.3, -0.25) is 0 Å². The summed E-state index contributed by atoms with van der Waals surface area (Å²) in [6, 6.07) is 1.76. The highest BCUT2D eigenvalue weighted by Gasteiger charge is 2.32. The fourth-order valence-electron chi connectivity index (χ4n) is 2.45. The van der Waals surface area contributed by atoms with E-state index in [1.165, 1.54) is 0 Å². The van der Waals surface area contributed by atoms with E-state index in [1.54, 1.807) is 18.5 Å². The molecule has 0 aliphatic heterocycles. The predicted molar refractivity (Wildman–Crippen MR) is 80.3 cm³/mol. The van der Waals surface area contributed by atoms with E-state index in [0.717, 1.165) is 16.3 Å². The zero-order chi connectivity index (χ0) is 15.2. The fraction of sp³-hybridized carbons (Fsp3) is 0.467. The summed E-state index contributed by atoms with van der Waals surface area (Å²) < 4.78 is 18.7. The number of pyridine rings is 2. The Hall–Kier alpha value is -1.46. The monoisotopic (exact) mass is 309 g/mol. The maximum atomic E-state index is 12.9. The van der Waals surface area contributed by atoms with Crippen molar-refractivity contribution in [3.8, 4) is 5.88 Å². The van der Waals surface area contributed by atoms with Crippen LogP contribution in [0.2, 0.25) is 5.15 Å². The van der Waals surface area contributed by atoms with Gasteiger partial charge in [0, 0.05) is 30.8 Å². The van der Waals surface area contributed by atoms with Gasteiger partial charge in [0.15, 0.2) is 0 Å². The van der Waals surface area contributed by atoms with Gasteiger partial charge in [0.05, 0.1) is 5.39 Å². The minimum absolute atomic E-state index is 0.122. The summed E-state index contributed by atoms with van der Waals surface area (Å²) in [5.41, 5.74) is 6.49. The molecule has 2 heterocycles. The minimum Gasteiger partial charge on any atom is -0.474 e. The zero-order valence-corrected chi connectivity index (χ0v) is 12.7. The Morgan fingerprint density at radius 2 is 2.00 bits per heavy atom. The van der Waals surface area contributed by atoms with Crippen molar-refractivity contribution in [2.24, 2.45) is 5.73 Å². The number of fused-ring (bicyclic) bond motifs is 1. The van der Waals surface area contributed by atoms with Gasteiger partial charge in [0.25, 0.3) is 0 Å². The number of hydrogen-bond acceptors (Lipinski definition) is 4. The third-order valence-electron chi connectivity index (χ3n) is 3.71. The number of halogens is 2. The lowest BCUT2D eigenvalue weighted by molar-refractivity contribution is 0.0389. The quantitative estimate of drug-likeness (QED) is 0.883. The number of ether oxygens (including phenoxy) is 1. The summed E-state index contributed by atoms with van der Waals surface area (Å²) in [4.78, 5) is 8.43. The molecule has 0 spiro atoms. The van der Waals surface area contributed by atoms with Crippen LogP contribution in [0.25, 0.3) is 10.8 Å². The molecule has 112 valence electrons. The Morgan fingerprint density at radius 1 is 1.29 bits per heavy atom. The highest BCUT2D eigenvalue weighted by molar-refractivity contribution is 6.30. The Labute approximate surface area is 127 Å². The van der Waals surface area contributed by atoms with Crippen LogP contribution in [0.3, 0.4) is 0 Å². The van der Waals surface area contributed by atoms with Crippen molar-refractivity contribution in [1.82, 2.24) is 9.97 Å². The Balaban J connectivity index is 2.07. The molecule has 2 aromatic heterocycles. The van der Waals surface area contributed by atoms with Crippen LogP contribution in [0, 0.1) is 0 Å². The highest BCUT2D eigenvalue weighted by Crippen LogP contribution is 2.35. The summed E-state index contributed by atoms with van der Waals surface area (Å²) in [6.07, 6.45) is 3.25. The maximum absolute atomic E-state index is 12.9. The molecule has 1 aliphatic carbocycles. The molecule has 0 radical (unpaired) electrons. The van der Waals surface area contributed by atoms with Gasteiger partial charge >= 0.3 is 0 Å². The molecule has 4 nitrogen and oxygen atoms in total. The van der Waals surface area contributed by atoms with E-state index in [0.29, 0.717) is 23.9 Å². The molecular weight excluding hydrogens is 293 g/mol. The molecule has 0 saturated heterocycles. The lowest BCUT2D eigenvalue weighted by atomic mass is 9.92. The molecule has 3 rings (SSSR count). The first-order valence-electron chi connectivity index (χ1n) is 6.89. The van der Waals surface area contributed by atoms with Crippen molar-refractivity contribution in [2.75, 3.05) is 0 Å². The van der Waals surface area contributed by atoms with E-state index in [9.17, 15) is 4.39 Å². The molecule has 1 aliphatic rings. The standard InChI is InChI=1S/C15H17ClFN3O/c1-15(2,18)12-7-20-14(21-9-3-8(17)4-9)11-6-19-13(16)5-10(11)12/h5-9H,3-4,18H2,1-2H3/t8-,9+. The number of nitrogens with two attached hydrogens (primary N) is 1. The van der Waals surface area contributed by atoms with Crippen LogP contribution in [0.5, 0.6) is 5.88 Å². The summed E-state index contributed by atoms with van der Waals surface area (Å²) >= 11 is 5.99. The van der Waals surface area contributed by atoms with E-state index >= 15 is 0 Å². The third kappa shape index (κ3) is 2.80. The van der Waals surface area contributed by atoms with Gasteiger partial charge in [0.2, 0.25) is 5.88 Å². The van der Waals surface area contributed by atoms with E-state index in [-0.39, 0.29) is 6.10 Å². The van der Waals surface area contributed by atoms with Crippen molar-refractivity contribution in [2.45, 2.75) is 44.5 Å². The normalized spacial score (nSPS) is 22.1. The van der Waals surface area contributed by atoms with Gasteiger partial charge < -0.3 is 10.5 Å². The SMILES string of the molecule is CC(C)(N)c1cnc(O[C@H]2C[C@@H](F)C2)c2cnc(Cl)cc12. The largest absolute Gasteiger partial charge is 0.474 e. The summed E-state index contributed by atoms with van der Waals surface area (Å²) in [6.45, 7) is 3.80. The van der Waals surface area contributed by atoms with Crippen LogP contribution in [-0.4, -0.2) is 22.2 Å². The fourth-order valence-corrected chi connectivity index (χ4v) is 2.61. The lowest BCUT2D eigenvalue weighted by Gasteiger charge is -2.30. The van der Waals surface area contributed by atoms with Gasteiger partial charge in [-0.25, -0.2) is 14.4 Å². The second-order valence-electron chi connectivity index (χ2n) is 6.06. The zero-order valence-electron chi connectivity index (χ0n) is 11.9. The molecule has 2 aromatic rings. The van der Waals surface area contributed by atoms with E-state index in [2.05, 4.69) is 9.97 Å². The van der Waals surface area contributed by atoms with Gasteiger partial charge in [-0.1, -0.05) is 11.6 Å². The first-order valence-corrected chi connectivity index (χ1v) is 7.26. The Bertz CT molecular complexity index is 680. The number of hydrogen-bond donors (Lipinski definition) is 1. The predicted octanol–water partition coefficient (Wildman–Crippen LogP) is 3.36. The van der Waals surface area contributed by atoms with Crippen molar-refractivity contribution < 1.29 is 9.13 Å². The molecule has 1 fully saturated rings. The number of alkyl halides is 1. The van der Waals surface area contributed by atoms with Gasteiger partial charge in [-0.2, -0.15) is 0 Å². The number of nitrogens with zero attached hydrogens (tertiary/aromatic N) is 2. The van der Waals surface area contributed by atoms with E-state index in [1.807, 2.05) is 13.8 Å². The molecule has 6 heteroatoms. The molecule has 0 unspecified atom stereocenters. The molecule has 1 saturated carbocycles. The first-order chi connectivity index (χ1) is 9.84. The van der Waals surface area contributed by atoms with Gasteiger partial charge in [-0.05, 0) is 30.9 Å². The summed E-state index contributed by atoms with van der Waals surface area (Å²) in [7, 11) is 0. The van der Waals surface area contributed by atoms with Crippen LogP contribution in [-0.2, 0) is 5.54 Å². The van der Waals surface area contributed by atoms with Crippen molar-refractivity contribution >= 4 is 22.4 Å². The number of rotatable bonds is 3. The molecule has 21 heavy (non-hydrogen) atoms. The third-order valence-corrected chi connectivity index (χ3v) is 3.92. The summed E-state index contributed by atoms with van der Waals surface area (Å²) in [5, 5.41) is 2.00. The van der Waals surface area contributed by atoms with Crippen molar-refractivity contribution in [3.63, 3.8) is 0 Å². The van der Waals surface area contributed by atoms with E-state index in [4.69, 9.17) is 22.1 Å². The van der Waals surface area contributed by atoms with Gasteiger partial charge in [0.1, 0.15) is 17.4 Å². The molecule has 2 N–H and O–H groups in total. The molecule has 0 aromatic carbocycles. The Kier molecular flexibility index (Phi) is 3.50. The van der Waals surface area contributed by atoms with Crippen LogP contribution < -0.4 is 10.5 Å². The number of aromatic nitrogens is 2. The molecule has 0 amide bonds. The van der Waals surface area contributed by atoms with Crippen LogP contribution in [0.4, 0.5) is 4.39 Å². The molecule has 0 bridgehead atoms. The molecule has 0 atom stereocenters. The maximum Gasteiger partial charge on any atom is 0.223 e. The van der Waals surface area contributed by atoms with Crippen LogP contribution in [0.15, 0.2) is 18.5 Å².